The summed E-state index contributed by atoms with van der Waals surface area (Å²) in [6, 6.07) is 13.2. The lowest BCUT2D eigenvalue weighted by atomic mass is 10.2. The highest BCUT2D eigenvalue weighted by Gasteiger charge is 2.07. The van der Waals surface area contributed by atoms with Crippen molar-refractivity contribution in [2.24, 2.45) is 0 Å². The fourth-order valence-corrected chi connectivity index (χ4v) is 1.72. The van der Waals surface area contributed by atoms with Crippen molar-refractivity contribution in [2.75, 3.05) is 13.2 Å². The van der Waals surface area contributed by atoms with Crippen LogP contribution in [0.3, 0.4) is 0 Å². The van der Waals surface area contributed by atoms with E-state index in [4.69, 9.17) is 9.47 Å². The van der Waals surface area contributed by atoms with Crippen molar-refractivity contribution in [1.82, 2.24) is 0 Å². The lowest BCUT2D eigenvalue weighted by molar-refractivity contribution is 0.0626. The monoisotopic (exact) mass is 300 g/mol. The van der Waals surface area contributed by atoms with E-state index in [2.05, 4.69) is 0 Å². The zero-order valence-electron chi connectivity index (χ0n) is 11.8. The molecule has 0 radical (unpaired) electrons. The Morgan fingerprint density at radius 3 is 1.45 bits per heavy atom. The molecule has 5 heteroatoms. The van der Waals surface area contributed by atoms with Crippen LogP contribution in [-0.4, -0.2) is 37.0 Å². The Morgan fingerprint density at radius 2 is 1.14 bits per heavy atom. The highest BCUT2D eigenvalue weighted by atomic mass is 16.5. The molecule has 0 aliphatic heterocycles. The molecule has 0 amide bonds. The maximum atomic E-state index is 10.5. The van der Waals surface area contributed by atoms with Crippen molar-refractivity contribution in [2.45, 2.75) is 6.10 Å². The average Bonchev–Trinajstić information content (AvgIpc) is 2.59. The molecule has 0 aliphatic carbocycles. The molecule has 0 heterocycles. The molecule has 0 saturated heterocycles. The van der Waals surface area contributed by atoms with Crippen molar-refractivity contribution < 1.29 is 24.2 Å². The summed E-state index contributed by atoms with van der Waals surface area (Å²) >= 11 is 0. The van der Waals surface area contributed by atoms with Gasteiger partial charge in [0.25, 0.3) is 0 Å². The zero-order chi connectivity index (χ0) is 15.8. The van der Waals surface area contributed by atoms with Gasteiger partial charge in [-0.3, -0.25) is 9.59 Å². The van der Waals surface area contributed by atoms with E-state index < -0.39 is 6.10 Å². The SMILES string of the molecule is O=Cc1ccc(OCC(O)COc2ccc(C=O)cc2)cc1. The number of carbonyl (C=O) groups is 2. The minimum Gasteiger partial charge on any atom is -0.491 e. The van der Waals surface area contributed by atoms with Crippen LogP contribution in [0.2, 0.25) is 0 Å². The lowest BCUT2D eigenvalue weighted by Gasteiger charge is -2.13. The third kappa shape index (κ3) is 4.71. The molecule has 5 nitrogen and oxygen atoms in total. The lowest BCUT2D eigenvalue weighted by Crippen LogP contribution is -2.25. The first kappa shape index (κ1) is 15.7. The molecular weight excluding hydrogens is 284 g/mol. The van der Waals surface area contributed by atoms with Crippen molar-refractivity contribution in [3.05, 3.63) is 59.7 Å². The van der Waals surface area contributed by atoms with E-state index in [1.54, 1.807) is 48.5 Å². The molecular formula is C17H16O5. The van der Waals surface area contributed by atoms with Gasteiger partial charge in [0.2, 0.25) is 0 Å². The number of hydrogen-bond acceptors (Lipinski definition) is 5. The third-order valence-corrected chi connectivity index (χ3v) is 2.92. The molecule has 0 spiro atoms. The Kier molecular flexibility index (Phi) is 5.68. The van der Waals surface area contributed by atoms with Crippen LogP contribution in [0.1, 0.15) is 20.7 Å². The van der Waals surface area contributed by atoms with Crippen LogP contribution in [0.4, 0.5) is 0 Å². The van der Waals surface area contributed by atoms with E-state index in [1.807, 2.05) is 0 Å². The largest absolute Gasteiger partial charge is 0.491 e. The van der Waals surface area contributed by atoms with E-state index in [0.29, 0.717) is 22.6 Å². The second-order valence-corrected chi connectivity index (χ2v) is 4.65. The fraction of sp³-hybridized carbons (Fsp3) is 0.176. The summed E-state index contributed by atoms with van der Waals surface area (Å²) in [7, 11) is 0. The molecule has 0 fully saturated rings. The van der Waals surface area contributed by atoms with Gasteiger partial charge in [-0.2, -0.15) is 0 Å². The van der Waals surface area contributed by atoms with Crippen LogP contribution in [0, 0.1) is 0 Å². The average molecular weight is 300 g/mol. The summed E-state index contributed by atoms with van der Waals surface area (Å²) in [5.74, 6) is 1.14. The maximum absolute atomic E-state index is 10.5. The van der Waals surface area contributed by atoms with Gasteiger partial charge in [-0.05, 0) is 48.5 Å². The van der Waals surface area contributed by atoms with Gasteiger partial charge in [0, 0.05) is 11.1 Å². The molecule has 2 rings (SSSR count). The van der Waals surface area contributed by atoms with Crippen LogP contribution in [0.5, 0.6) is 11.5 Å². The number of aldehydes is 2. The molecule has 0 unspecified atom stereocenters. The normalized spacial score (nSPS) is 10.3. The van der Waals surface area contributed by atoms with Crippen LogP contribution in [0.25, 0.3) is 0 Å². The molecule has 0 saturated carbocycles. The van der Waals surface area contributed by atoms with Gasteiger partial charge < -0.3 is 14.6 Å². The van der Waals surface area contributed by atoms with E-state index in [1.165, 1.54) is 0 Å². The first-order valence-corrected chi connectivity index (χ1v) is 6.75. The smallest absolute Gasteiger partial charge is 0.150 e. The quantitative estimate of drug-likeness (QED) is 0.756. The number of hydrogen-bond donors (Lipinski definition) is 1. The van der Waals surface area contributed by atoms with Crippen LogP contribution in [0.15, 0.2) is 48.5 Å². The Bertz CT molecular complexity index is 548. The van der Waals surface area contributed by atoms with Gasteiger partial charge >= 0.3 is 0 Å². The summed E-state index contributed by atoms with van der Waals surface area (Å²) in [5, 5.41) is 9.81. The van der Waals surface area contributed by atoms with Gasteiger partial charge in [-0.25, -0.2) is 0 Å². The number of benzene rings is 2. The Morgan fingerprint density at radius 1 is 0.773 bits per heavy atom. The summed E-state index contributed by atoms with van der Waals surface area (Å²) in [6.07, 6.45) is 0.710. The summed E-state index contributed by atoms with van der Waals surface area (Å²) in [5.41, 5.74) is 1.13. The topological polar surface area (TPSA) is 72.8 Å². The number of aliphatic hydroxyl groups excluding tert-OH is 1. The second-order valence-electron chi connectivity index (χ2n) is 4.65. The maximum Gasteiger partial charge on any atom is 0.150 e. The van der Waals surface area contributed by atoms with Gasteiger partial charge in [-0.1, -0.05) is 0 Å². The highest BCUT2D eigenvalue weighted by molar-refractivity contribution is 5.75. The predicted octanol–water partition coefficient (Wildman–Crippen LogP) is 2.13. The van der Waals surface area contributed by atoms with Crippen LogP contribution < -0.4 is 9.47 Å². The second kappa shape index (κ2) is 7.95. The summed E-state index contributed by atoms with van der Waals surface area (Å²) in [4.78, 5) is 21.1. The number of ether oxygens (including phenoxy) is 2. The van der Waals surface area contributed by atoms with Gasteiger partial charge in [-0.15, -0.1) is 0 Å². The van der Waals surface area contributed by atoms with Gasteiger partial charge in [0.1, 0.15) is 43.4 Å². The molecule has 114 valence electrons. The zero-order valence-corrected chi connectivity index (χ0v) is 11.8. The number of aliphatic hydroxyl groups is 1. The number of rotatable bonds is 8. The molecule has 2 aromatic rings. The van der Waals surface area contributed by atoms with Crippen molar-refractivity contribution >= 4 is 12.6 Å². The fourth-order valence-electron chi connectivity index (χ4n) is 1.72. The highest BCUT2D eigenvalue weighted by Crippen LogP contribution is 2.13. The van der Waals surface area contributed by atoms with E-state index in [0.717, 1.165) is 12.6 Å². The third-order valence-electron chi connectivity index (χ3n) is 2.92. The minimum absolute atomic E-state index is 0.0762. The van der Waals surface area contributed by atoms with E-state index >= 15 is 0 Å². The summed E-state index contributed by atoms with van der Waals surface area (Å²) in [6.45, 7) is 0.152. The molecule has 0 aliphatic rings. The molecule has 1 N–H and O–H groups in total. The van der Waals surface area contributed by atoms with Crippen molar-refractivity contribution in [3.8, 4) is 11.5 Å². The Hall–Kier alpha value is -2.66. The Labute approximate surface area is 128 Å². The summed E-state index contributed by atoms with van der Waals surface area (Å²) < 4.78 is 10.8. The molecule has 0 bridgehead atoms. The molecule has 22 heavy (non-hydrogen) atoms. The van der Waals surface area contributed by atoms with E-state index in [9.17, 15) is 14.7 Å². The number of carbonyl (C=O) groups excluding carboxylic acids is 2. The van der Waals surface area contributed by atoms with Crippen molar-refractivity contribution in [3.63, 3.8) is 0 Å². The molecule has 2 aromatic carbocycles. The molecule has 0 atom stereocenters. The van der Waals surface area contributed by atoms with Crippen molar-refractivity contribution in [1.29, 1.82) is 0 Å². The first-order valence-electron chi connectivity index (χ1n) is 6.75. The predicted molar refractivity (Wildman–Crippen MR) is 80.7 cm³/mol. The first-order chi connectivity index (χ1) is 10.7. The van der Waals surface area contributed by atoms with Crippen LogP contribution >= 0.6 is 0 Å². The van der Waals surface area contributed by atoms with E-state index in [-0.39, 0.29) is 13.2 Å². The standard InChI is InChI=1S/C17H16O5/c18-9-13-1-5-16(6-2-13)21-11-15(20)12-22-17-7-3-14(10-19)4-8-17/h1-10,15,20H,11-12H2. The molecule has 0 aromatic heterocycles. The van der Waals surface area contributed by atoms with Crippen LogP contribution in [-0.2, 0) is 0 Å². The van der Waals surface area contributed by atoms with Gasteiger partial charge in [0.05, 0.1) is 0 Å². The van der Waals surface area contributed by atoms with Gasteiger partial charge in [0.15, 0.2) is 0 Å². The minimum atomic E-state index is -0.795. The Balaban J connectivity index is 1.75.